The minimum absolute atomic E-state index is 0.224. The fourth-order valence-electron chi connectivity index (χ4n) is 2.33. The summed E-state index contributed by atoms with van der Waals surface area (Å²) in [4.78, 5) is 27.8. The zero-order chi connectivity index (χ0) is 18.4. The number of anilines is 1. The standard InChI is InChI=1S/C18H21N3O4/c1-11-16(8-14(10-19-11)21-12(2)22)18(23)20-9-13-7-15(24-3)5-6-17(13)25-4/h5-8,10H,9H2,1-4H3,(H,20,23)(H,21,22). The second-order valence-corrected chi connectivity index (χ2v) is 5.40. The number of rotatable bonds is 6. The SMILES string of the molecule is COc1ccc(OC)c(CNC(=O)c2cc(NC(C)=O)cnc2C)c1. The number of aryl methyl sites for hydroxylation is 1. The largest absolute Gasteiger partial charge is 0.497 e. The highest BCUT2D eigenvalue weighted by Gasteiger charge is 2.13. The summed E-state index contributed by atoms with van der Waals surface area (Å²) in [5.41, 5.74) is 2.23. The number of amides is 2. The molecule has 2 aromatic rings. The molecule has 0 bridgehead atoms. The van der Waals surface area contributed by atoms with Crippen molar-refractivity contribution in [2.75, 3.05) is 19.5 Å². The molecule has 0 aliphatic carbocycles. The monoisotopic (exact) mass is 343 g/mol. The minimum atomic E-state index is -0.290. The van der Waals surface area contributed by atoms with Crippen LogP contribution < -0.4 is 20.1 Å². The number of benzene rings is 1. The van der Waals surface area contributed by atoms with Gasteiger partial charge in [-0.25, -0.2) is 0 Å². The molecule has 2 N–H and O–H groups in total. The molecule has 7 heteroatoms. The lowest BCUT2D eigenvalue weighted by Crippen LogP contribution is -2.24. The van der Waals surface area contributed by atoms with Crippen LogP contribution in [0.3, 0.4) is 0 Å². The molecule has 0 unspecified atom stereocenters. The van der Waals surface area contributed by atoms with Crippen LogP contribution in [-0.4, -0.2) is 31.0 Å². The molecule has 0 radical (unpaired) electrons. The topological polar surface area (TPSA) is 89.5 Å². The fraction of sp³-hybridized carbons (Fsp3) is 0.278. The van der Waals surface area contributed by atoms with Gasteiger partial charge in [0, 0.05) is 19.0 Å². The lowest BCUT2D eigenvalue weighted by Gasteiger charge is -2.13. The van der Waals surface area contributed by atoms with E-state index in [-0.39, 0.29) is 18.4 Å². The Kier molecular flexibility index (Phi) is 5.94. The van der Waals surface area contributed by atoms with Crippen molar-refractivity contribution >= 4 is 17.5 Å². The molecule has 0 aliphatic heterocycles. The van der Waals surface area contributed by atoms with Gasteiger partial charge in [-0.1, -0.05) is 0 Å². The lowest BCUT2D eigenvalue weighted by atomic mass is 10.1. The molecule has 2 amide bonds. The van der Waals surface area contributed by atoms with Crippen LogP contribution in [0.2, 0.25) is 0 Å². The summed E-state index contributed by atoms with van der Waals surface area (Å²) in [5, 5.41) is 5.45. The van der Waals surface area contributed by atoms with E-state index in [1.807, 2.05) is 0 Å². The number of hydrogen-bond donors (Lipinski definition) is 2. The minimum Gasteiger partial charge on any atom is -0.497 e. The number of methoxy groups -OCH3 is 2. The van der Waals surface area contributed by atoms with Gasteiger partial charge in [-0.3, -0.25) is 14.6 Å². The van der Waals surface area contributed by atoms with Crippen LogP contribution in [0.15, 0.2) is 30.5 Å². The molecular formula is C18H21N3O4. The molecule has 132 valence electrons. The molecule has 0 saturated heterocycles. The van der Waals surface area contributed by atoms with Gasteiger partial charge < -0.3 is 20.1 Å². The Labute approximate surface area is 146 Å². The summed E-state index contributed by atoms with van der Waals surface area (Å²) in [6, 6.07) is 6.97. The van der Waals surface area contributed by atoms with Gasteiger partial charge in [0.1, 0.15) is 11.5 Å². The molecule has 1 aromatic heterocycles. The molecule has 0 saturated carbocycles. The summed E-state index contributed by atoms with van der Waals surface area (Å²) >= 11 is 0. The maximum absolute atomic E-state index is 12.5. The third-order valence-corrected chi connectivity index (χ3v) is 3.58. The molecule has 0 aliphatic rings. The zero-order valence-corrected chi connectivity index (χ0v) is 14.7. The van der Waals surface area contributed by atoms with Gasteiger partial charge in [-0.15, -0.1) is 0 Å². The Balaban J connectivity index is 2.16. The van der Waals surface area contributed by atoms with Crippen LogP contribution in [0.25, 0.3) is 0 Å². The van der Waals surface area contributed by atoms with Gasteiger partial charge in [-0.2, -0.15) is 0 Å². The van der Waals surface area contributed by atoms with E-state index in [9.17, 15) is 9.59 Å². The second-order valence-electron chi connectivity index (χ2n) is 5.40. The molecule has 0 spiro atoms. The molecule has 25 heavy (non-hydrogen) atoms. The van der Waals surface area contributed by atoms with Gasteiger partial charge in [0.25, 0.3) is 5.91 Å². The number of hydrogen-bond acceptors (Lipinski definition) is 5. The predicted molar refractivity (Wildman–Crippen MR) is 94.0 cm³/mol. The van der Waals surface area contributed by atoms with E-state index in [0.29, 0.717) is 28.4 Å². The summed E-state index contributed by atoms with van der Waals surface area (Å²) in [7, 11) is 3.14. The third-order valence-electron chi connectivity index (χ3n) is 3.58. The van der Waals surface area contributed by atoms with Crippen LogP contribution in [0.5, 0.6) is 11.5 Å². The Morgan fingerprint density at radius 1 is 1.16 bits per heavy atom. The number of nitrogens with one attached hydrogen (secondary N) is 2. The van der Waals surface area contributed by atoms with Crippen LogP contribution in [-0.2, 0) is 11.3 Å². The maximum atomic E-state index is 12.5. The molecule has 1 aromatic carbocycles. The van der Waals surface area contributed by atoms with Crippen molar-refractivity contribution < 1.29 is 19.1 Å². The molecule has 1 heterocycles. The lowest BCUT2D eigenvalue weighted by molar-refractivity contribution is -0.114. The summed E-state index contributed by atoms with van der Waals surface area (Å²) in [6.07, 6.45) is 1.51. The van der Waals surface area contributed by atoms with Crippen LogP contribution in [0.1, 0.15) is 28.5 Å². The Hall–Kier alpha value is -3.09. The van der Waals surface area contributed by atoms with Crippen molar-refractivity contribution in [1.29, 1.82) is 0 Å². The van der Waals surface area contributed by atoms with Gasteiger partial charge in [0.2, 0.25) is 5.91 Å². The van der Waals surface area contributed by atoms with Crippen molar-refractivity contribution in [2.45, 2.75) is 20.4 Å². The first kappa shape index (κ1) is 18.3. The number of nitrogens with zero attached hydrogens (tertiary/aromatic N) is 1. The molecule has 2 rings (SSSR count). The molecule has 0 fully saturated rings. The smallest absolute Gasteiger partial charge is 0.253 e. The van der Waals surface area contributed by atoms with Crippen molar-refractivity contribution in [3.63, 3.8) is 0 Å². The van der Waals surface area contributed by atoms with Gasteiger partial charge in [0.05, 0.1) is 37.4 Å². The van der Waals surface area contributed by atoms with Gasteiger partial charge >= 0.3 is 0 Å². The van der Waals surface area contributed by atoms with E-state index in [4.69, 9.17) is 9.47 Å². The normalized spacial score (nSPS) is 10.1. The van der Waals surface area contributed by atoms with Crippen molar-refractivity contribution in [3.8, 4) is 11.5 Å². The number of carbonyl (C=O) groups is 2. The van der Waals surface area contributed by atoms with E-state index in [1.165, 1.54) is 13.1 Å². The average molecular weight is 343 g/mol. The third kappa shape index (κ3) is 4.69. The molecule has 0 atom stereocenters. The Morgan fingerprint density at radius 3 is 2.56 bits per heavy atom. The van der Waals surface area contributed by atoms with E-state index < -0.39 is 0 Å². The van der Waals surface area contributed by atoms with Gasteiger partial charge in [-0.05, 0) is 31.2 Å². The van der Waals surface area contributed by atoms with Crippen molar-refractivity contribution in [2.24, 2.45) is 0 Å². The van der Waals surface area contributed by atoms with Crippen LogP contribution in [0.4, 0.5) is 5.69 Å². The predicted octanol–water partition coefficient (Wildman–Crippen LogP) is 2.30. The highest BCUT2D eigenvalue weighted by atomic mass is 16.5. The first-order valence-corrected chi connectivity index (χ1v) is 7.68. The van der Waals surface area contributed by atoms with Crippen molar-refractivity contribution in [1.82, 2.24) is 10.3 Å². The number of pyridine rings is 1. The zero-order valence-electron chi connectivity index (χ0n) is 14.7. The number of ether oxygens (including phenoxy) is 2. The second kappa shape index (κ2) is 8.14. The summed E-state index contributed by atoms with van der Waals surface area (Å²) < 4.78 is 10.5. The fourth-order valence-corrected chi connectivity index (χ4v) is 2.33. The Morgan fingerprint density at radius 2 is 1.92 bits per heavy atom. The first-order valence-electron chi connectivity index (χ1n) is 7.68. The van der Waals surface area contributed by atoms with E-state index in [0.717, 1.165) is 5.56 Å². The number of aromatic nitrogens is 1. The Bertz CT molecular complexity index is 790. The van der Waals surface area contributed by atoms with E-state index in [2.05, 4.69) is 15.6 Å². The van der Waals surface area contributed by atoms with Crippen LogP contribution in [0, 0.1) is 6.92 Å². The summed E-state index contributed by atoms with van der Waals surface area (Å²) in [6.45, 7) is 3.40. The average Bonchev–Trinajstić information content (AvgIpc) is 2.60. The molecule has 7 nitrogen and oxygen atoms in total. The van der Waals surface area contributed by atoms with Crippen molar-refractivity contribution in [3.05, 3.63) is 47.3 Å². The summed E-state index contributed by atoms with van der Waals surface area (Å²) in [5.74, 6) is 0.818. The molecular weight excluding hydrogens is 322 g/mol. The van der Waals surface area contributed by atoms with Crippen LogP contribution >= 0.6 is 0 Å². The van der Waals surface area contributed by atoms with Gasteiger partial charge in [0.15, 0.2) is 0 Å². The van der Waals surface area contributed by atoms with E-state index >= 15 is 0 Å². The highest BCUT2D eigenvalue weighted by Crippen LogP contribution is 2.24. The van der Waals surface area contributed by atoms with E-state index in [1.54, 1.807) is 45.4 Å². The quantitative estimate of drug-likeness (QED) is 0.840. The first-order chi connectivity index (χ1) is 11.9. The number of carbonyl (C=O) groups excluding carboxylic acids is 2. The maximum Gasteiger partial charge on any atom is 0.253 e. The highest BCUT2D eigenvalue weighted by molar-refractivity contribution is 5.97.